The van der Waals surface area contributed by atoms with Crippen LogP contribution < -0.4 is 0 Å². The van der Waals surface area contributed by atoms with Crippen LogP contribution in [-0.2, 0) is 13.0 Å². The molecule has 0 unspecified atom stereocenters. The number of hydrogen-bond acceptors (Lipinski definition) is 3. The summed E-state index contributed by atoms with van der Waals surface area (Å²) >= 11 is 1.83. The molecule has 1 heterocycles. The van der Waals surface area contributed by atoms with Crippen molar-refractivity contribution in [1.82, 2.24) is 9.55 Å². The zero-order valence-corrected chi connectivity index (χ0v) is 14.7. The number of unbranched alkanes of at least 4 members (excludes halogenated alkanes) is 2. The summed E-state index contributed by atoms with van der Waals surface area (Å²) in [6.45, 7) is 1.24. The van der Waals surface area contributed by atoms with E-state index in [4.69, 9.17) is 10.1 Å². The largest absolute Gasteiger partial charge is 0.396 e. The van der Waals surface area contributed by atoms with E-state index in [1.807, 2.05) is 17.8 Å². The third kappa shape index (κ3) is 4.40. The van der Waals surface area contributed by atoms with Gasteiger partial charge < -0.3 is 9.67 Å². The van der Waals surface area contributed by atoms with Crippen LogP contribution in [-0.4, -0.2) is 27.0 Å². The highest BCUT2D eigenvalue weighted by molar-refractivity contribution is 7.99. The third-order valence-electron chi connectivity index (χ3n) is 4.12. The number of hydrogen-bond donors (Lipinski definition) is 1. The topological polar surface area (TPSA) is 38.1 Å². The normalized spacial score (nSPS) is 11.2. The van der Waals surface area contributed by atoms with Crippen LogP contribution in [0.5, 0.6) is 0 Å². The summed E-state index contributed by atoms with van der Waals surface area (Å²) < 4.78 is 2.35. The number of fused-ring (bicyclic) bond motifs is 1. The van der Waals surface area contributed by atoms with Crippen LogP contribution in [0.1, 0.15) is 24.8 Å². The van der Waals surface area contributed by atoms with Crippen LogP contribution in [0, 0.1) is 0 Å². The van der Waals surface area contributed by atoms with E-state index in [0.717, 1.165) is 48.7 Å². The van der Waals surface area contributed by atoms with Crippen molar-refractivity contribution in [3.05, 3.63) is 60.2 Å². The Labute approximate surface area is 147 Å². The van der Waals surface area contributed by atoms with E-state index in [2.05, 4.69) is 53.1 Å². The predicted molar refractivity (Wildman–Crippen MR) is 102 cm³/mol. The minimum absolute atomic E-state index is 0.292. The zero-order chi connectivity index (χ0) is 16.6. The number of benzene rings is 2. The number of rotatable bonds is 9. The fraction of sp³-hybridized carbons (Fsp3) is 0.350. The molecular formula is C20H24N2OS. The van der Waals surface area contributed by atoms with Gasteiger partial charge in [-0.3, -0.25) is 0 Å². The molecule has 2 aromatic carbocycles. The fourth-order valence-corrected chi connectivity index (χ4v) is 3.86. The molecule has 0 saturated heterocycles. The van der Waals surface area contributed by atoms with Gasteiger partial charge in [0, 0.05) is 18.9 Å². The molecule has 0 aliphatic heterocycles. The van der Waals surface area contributed by atoms with Crippen LogP contribution in [0.2, 0.25) is 0 Å². The summed E-state index contributed by atoms with van der Waals surface area (Å²) in [7, 11) is 0. The van der Waals surface area contributed by atoms with Crippen molar-refractivity contribution < 1.29 is 5.11 Å². The van der Waals surface area contributed by atoms with E-state index in [1.54, 1.807) is 0 Å². The van der Waals surface area contributed by atoms with Gasteiger partial charge in [0.05, 0.1) is 11.0 Å². The molecule has 0 radical (unpaired) electrons. The average molecular weight is 340 g/mol. The number of thioether (sulfide) groups is 1. The minimum atomic E-state index is 0.292. The highest BCUT2D eigenvalue weighted by atomic mass is 32.2. The fourth-order valence-electron chi connectivity index (χ4n) is 2.82. The Morgan fingerprint density at radius 1 is 0.917 bits per heavy atom. The van der Waals surface area contributed by atoms with E-state index in [1.165, 1.54) is 11.1 Å². The Balaban J connectivity index is 1.72. The van der Waals surface area contributed by atoms with E-state index in [0.29, 0.717) is 6.61 Å². The lowest BCUT2D eigenvalue weighted by Gasteiger charge is -2.09. The summed E-state index contributed by atoms with van der Waals surface area (Å²) in [5.74, 6) is 1.05. The summed E-state index contributed by atoms with van der Waals surface area (Å²) in [6.07, 6.45) is 4.10. The highest BCUT2D eigenvalue weighted by Crippen LogP contribution is 2.25. The van der Waals surface area contributed by atoms with Crippen LogP contribution in [0.4, 0.5) is 0 Å². The van der Waals surface area contributed by atoms with E-state index in [-0.39, 0.29) is 0 Å². The molecule has 4 heteroatoms. The maximum atomic E-state index is 8.88. The second kappa shape index (κ2) is 8.90. The van der Waals surface area contributed by atoms with Gasteiger partial charge in [-0.25, -0.2) is 4.98 Å². The zero-order valence-electron chi connectivity index (χ0n) is 13.9. The van der Waals surface area contributed by atoms with Crippen molar-refractivity contribution in [1.29, 1.82) is 0 Å². The molecule has 3 rings (SSSR count). The van der Waals surface area contributed by atoms with Crippen molar-refractivity contribution in [3.8, 4) is 0 Å². The van der Waals surface area contributed by atoms with Crippen molar-refractivity contribution in [2.24, 2.45) is 0 Å². The Kier molecular flexibility index (Phi) is 6.33. The number of aromatic nitrogens is 2. The Hall–Kier alpha value is -1.78. The smallest absolute Gasteiger partial charge is 0.169 e. The first-order valence-electron chi connectivity index (χ1n) is 8.61. The lowest BCUT2D eigenvalue weighted by Crippen LogP contribution is -2.03. The molecule has 0 aliphatic rings. The molecular weight excluding hydrogens is 316 g/mol. The number of imidazole rings is 1. The first-order chi connectivity index (χ1) is 11.9. The van der Waals surface area contributed by atoms with Gasteiger partial charge >= 0.3 is 0 Å². The Bertz CT molecular complexity index is 755. The van der Waals surface area contributed by atoms with Gasteiger partial charge in [0.25, 0.3) is 0 Å². The maximum absolute atomic E-state index is 8.88. The monoisotopic (exact) mass is 340 g/mol. The third-order valence-corrected chi connectivity index (χ3v) is 5.18. The molecule has 3 aromatic rings. The lowest BCUT2D eigenvalue weighted by molar-refractivity contribution is 0.284. The molecule has 0 bridgehead atoms. The molecule has 0 amide bonds. The van der Waals surface area contributed by atoms with Gasteiger partial charge in [-0.15, -0.1) is 0 Å². The molecule has 0 aliphatic carbocycles. The van der Waals surface area contributed by atoms with Gasteiger partial charge in [-0.1, -0.05) is 60.6 Å². The van der Waals surface area contributed by atoms with Gasteiger partial charge in [0.2, 0.25) is 0 Å². The molecule has 3 nitrogen and oxygen atoms in total. The van der Waals surface area contributed by atoms with Gasteiger partial charge in [0.15, 0.2) is 5.16 Å². The standard InChI is InChI=1S/C20H24N2OS/c23-15-7-2-8-16-24-20-21-18-11-5-6-12-19(18)22(20)14-13-17-9-3-1-4-10-17/h1,3-6,9-12,23H,2,7-8,13-16H2. The highest BCUT2D eigenvalue weighted by Gasteiger charge is 2.10. The number of aliphatic hydroxyl groups excluding tert-OH is 1. The van der Waals surface area contributed by atoms with Crippen LogP contribution in [0.3, 0.4) is 0 Å². The number of aliphatic hydroxyl groups is 1. The summed E-state index contributed by atoms with van der Waals surface area (Å²) in [5, 5.41) is 9.98. The van der Waals surface area contributed by atoms with E-state index >= 15 is 0 Å². The quantitative estimate of drug-likeness (QED) is 0.459. The molecule has 1 N–H and O–H groups in total. The van der Waals surface area contributed by atoms with Crippen molar-refractivity contribution in [2.45, 2.75) is 37.4 Å². The average Bonchev–Trinajstić information content (AvgIpc) is 2.98. The summed E-state index contributed by atoms with van der Waals surface area (Å²) in [4.78, 5) is 4.82. The van der Waals surface area contributed by atoms with Crippen molar-refractivity contribution in [2.75, 3.05) is 12.4 Å². The molecule has 1 aromatic heterocycles. The van der Waals surface area contributed by atoms with Gasteiger partial charge in [0.1, 0.15) is 0 Å². The lowest BCUT2D eigenvalue weighted by atomic mass is 10.1. The number of para-hydroxylation sites is 2. The van der Waals surface area contributed by atoms with Crippen LogP contribution in [0.15, 0.2) is 59.8 Å². The molecule has 0 saturated carbocycles. The SMILES string of the molecule is OCCCCCSc1nc2ccccc2n1CCc1ccccc1. The van der Waals surface area contributed by atoms with Crippen molar-refractivity contribution >= 4 is 22.8 Å². The summed E-state index contributed by atoms with van der Waals surface area (Å²) in [5.41, 5.74) is 3.64. The molecule has 0 atom stereocenters. The first kappa shape index (κ1) is 17.1. The summed E-state index contributed by atoms with van der Waals surface area (Å²) in [6, 6.07) is 19.0. The van der Waals surface area contributed by atoms with Gasteiger partial charge in [-0.2, -0.15) is 0 Å². The maximum Gasteiger partial charge on any atom is 0.169 e. The Morgan fingerprint density at radius 2 is 1.71 bits per heavy atom. The van der Waals surface area contributed by atoms with E-state index in [9.17, 15) is 0 Å². The van der Waals surface area contributed by atoms with Gasteiger partial charge in [-0.05, 0) is 37.0 Å². The second-order valence-electron chi connectivity index (χ2n) is 5.90. The number of aryl methyl sites for hydroxylation is 2. The number of nitrogens with zero attached hydrogens (tertiary/aromatic N) is 2. The Morgan fingerprint density at radius 3 is 2.54 bits per heavy atom. The van der Waals surface area contributed by atoms with Crippen molar-refractivity contribution in [3.63, 3.8) is 0 Å². The van der Waals surface area contributed by atoms with E-state index < -0.39 is 0 Å². The second-order valence-corrected chi connectivity index (χ2v) is 6.97. The molecule has 0 spiro atoms. The molecule has 0 fully saturated rings. The predicted octanol–water partition coefficient (Wildman–Crippen LogP) is 4.53. The van der Waals surface area contributed by atoms with Crippen LogP contribution in [0.25, 0.3) is 11.0 Å². The molecule has 126 valence electrons. The first-order valence-corrected chi connectivity index (χ1v) is 9.60. The van der Waals surface area contributed by atoms with Crippen LogP contribution >= 0.6 is 11.8 Å². The minimum Gasteiger partial charge on any atom is -0.396 e. The molecule has 24 heavy (non-hydrogen) atoms.